The normalized spacial score (nSPS) is 20.3. The van der Waals surface area contributed by atoms with E-state index >= 15 is 0 Å². The van der Waals surface area contributed by atoms with E-state index < -0.39 is 11.7 Å². The summed E-state index contributed by atoms with van der Waals surface area (Å²) < 4.78 is 22.8. The number of carbonyl (C=O) groups is 1. The van der Waals surface area contributed by atoms with Crippen LogP contribution in [0.25, 0.3) is 0 Å². The molecule has 174 valence electrons. The molecule has 0 spiro atoms. The maximum Gasteiger partial charge on any atom is 0.226 e. The summed E-state index contributed by atoms with van der Waals surface area (Å²) in [6.07, 6.45) is -0.206. The van der Waals surface area contributed by atoms with Crippen molar-refractivity contribution in [1.29, 1.82) is 0 Å². The van der Waals surface area contributed by atoms with Gasteiger partial charge in [-0.25, -0.2) is 0 Å². The summed E-state index contributed by atoms with van der Waals surface area (Å²) in [4.78, 5) is 12.9. The molecule has 1 heterocycles. The van der Waals surface area contributed by atoms with Gasteiger partial charge in [-0.1, -0.05) is 75.4 Å². The van der Waals surface area contributed by atoms with Crippen LogP contribution in [0.3, 0.4) is 0 Å². The van der Waals surface area contributed by atoms with Gasteiger partial charge in [-0.05, 0) is 16.7 Å². The minimum atomic E-state index is -0.500. The van der Waals surface area contributed by atoms with Crippen molar-refractivity contribution in [3.63, 3.8) is 0 Å². The van der Waals surface area contributed by atoms with E-state index in [-0.39, 0.29) is 24.2 Å². The molecule has 1 amide bonds. The number of carbonyl (C=O) groups excluding carboxylic acids is 1. The predicted molar refractivity (Wildman–Crippen MR) is 123 cm³/mol. The lowest BCUT2D eigenvalue weighted by Crippen LogP contribution is -2.38. The Morgan fingerprint density at radius 3 is 2.06 bits per heavy atom. The maximum atomic E-state index is 12.9. The number of amides is 1. The summed E-state index contributed by atoms with van der Waals surface area (Å²) in [6.45, 7) is 6.65. The van der Waals surface area contributed by atoms with Crippen molar-refractivity contribution >= 4 is 5.91 Å². The molecular formula is C26H35NO5. The minimum absolute atomic E-state index is 0.00478. The van der Waals surface area contributed by atoms with Gasteiger partial charge < -0.3 is 24.3 Å². The van der Waals surface area contributed by atoms with Crippen LogP contribution in [0, 0.1) is 5.41 Å². The molecule has 0 aliphatic carbocycles. The van der Waals surface area contributed by atoms with Gasteiger partial charge in [-0.2, -0.15) is 0 Å². The Labute approximate surface area is 191 Å². The Morgan fingerprint density at radius 2 is 1.50 bits per heavy atom. The first-order valence-electron chi connectivity index (χ1n) is 11.1. The Bertz CT molecular complexity index is 850. The van der Waals surface area contributed by atoms with Crippen molar-refractivity contribution < 1.29 is 23.7 Å². The number of nitrogens with one attached hydrogen (secondary N) is 1. The summed E-state index contributed by atoms with van der Waals surface area (Å²) in [6, 6.07) is 17.9. The van der Waals surface area contributed by atoms with Crippen LogP contribution in [-0.4, -0.2) is 51.8 Å². The molecule has 1 aliphatic heterocycles. The molecule has 0 unspecified atom stereocenters. The Morgan fingerprint density at radius 1 is 0.938 bits per heavy atom. The van der Waals surface area contributed by atoms with Crippen molar-refractivity contribution in [1.82, 2.24) is 5.32 Å². The average molecular weight is 442 g/mol. The molecule has 6 heteroatoms. The van der Waals surface area contributed by atoms with Gasteiger partial charge in [-0.15, -0.1) is 0 Å². The third kappa shape index (κ3) is 6.17. The van der Waals surface area contributed by atoms with Crippen molar-refractivity contribution in [3.8, 4) is 0 Å². The fourth-order valence-electron chi connectivity index (χ4n) is 3.83. The van der Waals surface area contributed by atoms with Crippen LogP contribution < -0.4 is 5.32 Å². The molecule has 1 fully saturated rings. The van der Waals surface area contributed by atoms with Gasteiger partial charge in [0.25, 0.3) is 0 Å². The quantitative estimate of drug-likeness (QED) is 0.640. The SMILES string of the molecule is COC[C@@H]1OC(Cc2ccccc2[C@H](NC(=O)C(C)(C)C)c2ccccc2)O[C@H]1COC. The molecule has 2 aromatic rings. The predicted octanol–water partition coefficient (Wildman–Crippen LogP) is 3.88. The summed E-state index contributed by atoms with van der Waals surface area (Å²) in [5, 5.41) is 3.25. The smallest absolute Gasteiger partial charge is 0.226 e. The largest absolute Gasteiger partial charge is 0.382 e. The second kappa shape index (κ2) is 11.1. The molecule has 32 heavy (non-hydrogen) atoms. The van der Waals surface area contributed by atoms with Crippen molar-refractivity contribution in [3.05, 3.63) is 71.3 Å². The molecule has 1 aliphatic rings. The molecular weight excluding hydrogens is 406 g/mol. The van der Waals surface area contributed by atoms with Crippen molar-refractivity contribution in [2.45, 2.75) is 51.7 Å². The third-order valence-corrected chi connectivity index (χ3v) is 5.57. The minimum Gasteiger partial charge on any atom is -0.382 e. The number of methoxy groups -OCH3 is 2. The zero-order chi connectivity index (χ0) is 23.1. The van der Waals surface area contributed by atoms with Crippen LogP contribution in [0.15, 0.2) is 54.6 Å². The standard InChI is InChI=1S/C26H35NO5/c1-26(2,3)25(28)27-24(18-11-7-6-8-12-18)20-14-10-9-13-19(20)15-23-31-21(16-29-4)22(32-23)17-30-5/h6-14,21-24H,15-17H2,1-5H3,(H,27,28)/t21-,22-,24+/m0/s1. The molecule has 3 rings (SSSR count). The molecule has 0 aromatic heterocycles. The highest BCUT2D eigenvalue weighted by atomic mass is 16.7. The molecule has 3 atom stereocenters. The van der Waals surface area contributed by atoms with E-state index in [1.807, 2.05) is 63.2 Å². The van der Waals surface area contributed by atoms with Gasteiger partial charge in [0.05, 0.1) is 19.3 Å². The number of ether oxygens (including phenoxy) is 4. The van der Waals surface area contributed by atoms with Gasteiger partial charge >= 0.3 is 0 Å². The maximum absolute atomic E-state index is 12.9. The summed E-state index contributed by atoms with van der Waals surface area (Å²) in [7, 11) is 3.30. The molecule has 1 N–H and O–H groups in total. The Kier molecular flexibility index (Phi) is 8.43. The lowest BCUT2D eigenvalue weighted by atomic mass is 9.90. The highest BCUT2D eigenvalue weighted by molar-refractivity contribution is 5.82. The van der Waals surface area contributed by atoms with E-state index in [9.17, 15) is 4.79 Å². The van der Waals surface area contributed by atoms with Gasteiger partial charge in [-0.3, -0.25) is 4.79 Å². The Balaban J connectivity index is 1.88. The lowest BCUT2D eigenvalue weighted by molar-refractivity contribution is -0.129. The van der Waals surface area contributed by atoms with E-state index in [4.69, 9.17) is 18.9 Å². The van der Waals surface area contributed by atoms with Crippen LogP contribution in [0.1, 0.15) is 43.5 Å². The second-order valence-corrected chi connectivity index (χ2v) is 9.16. The van der Waals surface area contributed by atoms with E-state index in [0.29, 0.717) is 19.6 Å². The molecule has 0 saturated carbocycles. The van der Waals surface area contributed by atoms with E-state index in [0.717, 1.165) is 16.7 Å². The van der Waals surface area contributed by atoms with Crippen LogP contribution in [-0.2, 0) is 30.2 Å². The van der Waals surface area contributed by atoms with Crippen LogP contribution in [0.4, 0.5) is 0 Å². The van der Waals surface area contributed by atoms with E-state index in [1.54, 1.807) is 14.2 Å². The highest BCUT2D eigenvalue weighted by Gasteiger charge is 2.37. The zero-order valence-corrected chi connectivity index (χ0v) is 19.7. The van der Waals surface area contributed by atoms with Crippen LogP contribution >= 0.6 is 0 Å². The molecule has 2 aromatic carbocycles. The van der Waals surface area contributed by atoms with E-state index in [2.05, 4.69) is 17.4 Å². The number of hydrogen-bond acceptors (Lipinski definition) is 5. The number of benzene rings is 2. The van der Waals surface area contributed by atoms with Crippen LogP contribution in [0.2, 0.25) is 0 Å². The molecule has 1 saturated heterocycles. The Hall–Kier alpha value is -2.25. The molecule has 6 nitrogen and oxygen atoms in total. The first-order chi connectivity index (χ1) is 15.3. The summed E-state index contributed by atoms with van der Waals surface area (Å²) in [5.41, 5.74) is 2.62. The first-order valence-corrected chi connectivity index (χ1v) is 11.1. The molecule has 0 radical (unpaired) electrons. The van der Waals surface area contributed by atoms with Gasteiger partial charge in [0.1, 0.15) is 12.2 Å². The fourth-order valence-corrected chi connectivity index (χ4v) is 3.83. The van der Waals surface area contributed by atoms with Gasteiger partial charge in [0.15, 0.2) is 6.29 Å². The van der Waals surface area contributed by atoms with Crippen molar-refractivity contribution in [2.24, 2.45) is 5.41 Å². The van der Waals surface area contributed by atoms with Gasteiger partial charge in [0.2, 0.25) is 5.91 Å². The monoisotopic (exact) mass is 441 g/mol. The van der Waals surface area contributed by atoms with Gasteiger partial charge in [0, 0.05) is 26.1 Å². The van der Waals surface area contributed by atoms with E-state index in [1.165, 1.54) is 0 Å². The third-order valence-electron chi connectivity index (χ3n) is 5.57. The highest BCUT2D eigenvalue weighted by Crippen LogP contribution is 2.30. The topological polar surface area (TPSA) is 66.0 Å². The lowest BCUT2D eigenvalue weighted by Gasteiger charge is -2.27. The number of rotatable bonds is 9. The summed E-state index contributed by atoms with van der Waals surface area (Å²) in [5.74, 6) is -0.00478. The second-order valence-electron chi connectivity index (χ2n) is 9.16. The first kappa shape index (κ1) is 24.4. The molecule has 0 bridgehead atoms. The fraction of sp³-hybridized carbons (Fsp3) is 0.500. The average Bonchev–Trinajstić information content (AvgIpc) is 3.14. The van der Waals surface area contributed by atoms with Crippen molar-refractivity contribution in [2.75, 3.05) is 27.4 Å². The number of hydrogen-bond donors (Lipinski definition) is 1. The zero-order valence-electron chi connectivity index (χ0n) is 19.7. The summed E-state index contributed by atoms with van der Waals surface area (Å²) >= 11 is 0. The van der Waals surface area contributed by atoms with Crippen LogP contribution in [0.5, 0.6) is 0 Å².